The van der Waals surface area contributed by atoms with Crippen molar-refractivity contribution in [3.05, 3.63) is 66.0 Å². The van der Waals surface area contributed by atoms with Gasteiger partial charge in [-0.1, -0.05) is 12.1 Å². The topological polar surface area (TPSA) is 128 Å². The molecule has 3 N–H and O–H groups in total. The maximum atomic E-state index is 14.3. The van der Waals surface area contributed by atoms with Crippen LogP contribution in [0, 0.1) is 17.1 Å². The zero-order chi connectivity index (χ0) is 25.5. The van der Waals surface area contributed by atoms with Gasteiger partial charge in [0, 0.05) is 21.9 Å². The van der Waals surface area contributed by atoms with Crippen LogP contribution in [0.15, 0.2) is 54.6 Å². The summed E-state index contributed by atoms with van der Waals surface area (Å²) in [6.07, 6.45) is 0. The Labute approximate surface area is 200 Å². The summed E-state index contributed by atoms with van der Waals surface area (Å²) in [4.78, 5) is 12.7. The lowest BCUT2D eigenvalue weighted by molar-refractivity contribution is -0.122. The number of carboxylic acid groups (broad SMARTS) is 1. The van der Waals surface area contributed by atoms with E-state index in [2.05, 4.69) is 11.1 Å². The summed E-state index contributed by atoms with van der Waals surface area (Å²) >= 11 is 0. The molecule has 1 aromatic heterocycles. The monoisotopic (exact) mass is 475 g/mol. The molecule has 0 atom stereocenters. The molecule has 0 aliphatic heterocycles. The summed E-state index contributed by atoms with van der Waals surface area (Å²) in [5, 5.41) is 18.3. The Kier molecular flexibility index (Phi) is 7.69. The van der Waals surface area contributed by atoms with E-state index in [4.69, 9.17) is 29.8 Å². The molecule has 0 spiro atoms. The van der Waals surface area contributed by atoms with E-state index in [9.17, 15) is 9.65 Å². The number of aromatic nitrogens is 1. The van der Waals surface area contributed by atoms with Gasteiger partial charge in [-0.05, 0) is 48.0 Å². The summed E-state index contributed by atoms with van der Waals surface area (Å²) in [6, 6.07) is 17.7. The number of fused-ring (bicyclic) bond motifs is 1. The van der Waals surface area contributed by atoms with Crippen LogP contribution in [0.1, 0.15) is 5.56 Å². The van der Waals surface area contributed by atoms with Crippen LogP contribution in [0.5, 0.6) is 17.2 Å². The van der Waals surface area contributed by atoms with Crippen molar-refractivity contribution in [2.24, 2.45) is 0 Å². The van der Waals surface area contributed by atoms with Crippen molar-refractivity contribution in [2.45, 2.75) is 0 Å². The zero-order valence-corrected chi connectivity index (χ0v) is 19.2. The number of hydrogen-bond acceptors (Lipinski definition) is 7. The third-order valence-corrected chi connectivity index (χ3v) is 5.30. The quantitative estimate of drug-likeness (QED) is 0.391. The van der Waals surface area contributed by atoms with E-state index in [1.54, 1.807) is 26.4 Å². The number of benzene rings is 3. The number of halogens is 1. The van der Waals surface area contributed by atoms with Crippen LogP contribution in [0.3, 0.4) is 0 Å². The molecule has 35 heavy (non-hydrogen) atoms. The number of nitrogens with two attached hydrogens (primary N) is 1. The third kappa shape index (κ3) is 4.77. The van der Waals surface area contributed by atoms with E-state index in [1.165, 1.54) is 19.2 Å². The van der Waals surface area contributed by atoms with Gasteiger partial charge in [0.05, 0.1) is 27.0 Å². The summed E-state index contributed by atoms with van der Waals surface area (Å²) < 4.78 is 30.4. The minimum Gasteiger partial charge on any atom is -0.496 e. The van der Waals surface area contributed by atoms with E-state index in [0.29, 0.717) is 28.3 Å². The fourth-order valence-electron chi connectivity index (χ4n) is 3.79. The molecule has 0 saturated heterocycles. The molecule has 9 heteroatoms. The molecule has 4 aromatic rings. The molecule has 178 valence electrons. The van der Waals surface area contributed by atoms with Gasteiger partial charge in [-0.3, -0.25) is 4.79 Å². The van der Waals surface area contributed by atoms with Crippen molar-refractivity contribution in [1.29, 1.82) is 5.26 Å². The lowest BCUT2D eigenvalue weighted by Crippen LogP contribution is -2.01. The Hall–Kier alpha value is -4.84. The third-order valence-electron chi connectivity index (χ3n) is 5.30. The van der Waals surface area contributed by atoms with Gasteiger partial charge in [-0.2, -0.15) is 5.26 Å². The van der Waals surface area contributed by atoms with Crippen molar-refractivity contribution in [1.82, 2.24) is 4.98 Å². The first-order valence-electron chi connectivity index (χ1n) is 10.2. The Morgan fingerprint density at radius 3 is 2.23 bits per heavy atom. The first kappa shape index (κ1) is 24.8. The lowest BCUT2D eigenvalue weighted by Gasteiger charge is -2.16. The maximum Gasteiger partial charge on any atom is 0.290 e. The van der Waals surface area contributed by atoms with Crippen LogP contribution in [0.4, 0.5) is 10.2 Å². The molecule has 0 amide bonds. The number of anilines is 1. The van der Waals surface area contributed by atoms with E-state index in [0.717, 1.165) is 16.3 Å². The van der Waals surface area contributed by atoms with Crippen molar-refractivity contribution >= 4 is 23.1 Å². The van der Waals surface area contributed by atoms with Gasteiger partial charge in [-0.25, -0.2) is 9.37 Å². The number of carbonyl (C=O) groups is 1. The lowest BCUT2D eigenvalue weighted by atomic mass is 9.93. The number of ether oxygens (including phenoxy) is 3. The summed E-state index contributed by atoms with van der Waals surface area (Å²) in [6.45, 7) is -0.250. The SMILES string of the molecule is COc1ccc(-c2cc(-c3ccc(OC)c4cccc(OC)c34)c(C#N)c(N)n2)cc1F.O=CO. The first-order valence-corrected chi connectivity index (χ1v) is 10.2. The van der Waals surface area contributed by atoms with Gasteiger partial charge < -0.3 is 25.1 Å². The second-order valence-corrected chi connectivity index (χ2v) is 7.08. The van der Waals surface area contributed by atoms with Gasteiger partial charge >= 0.3 is 0 Å². The fraction of sp³-hybridized carbons (Fsp3) is 0.115. The Bertz CT molecular complexity index is 1430. The van der Waals surface area contributed by atoms with Gasteiger partial charge in [0.25, 0.3) is 6.47 Å². The second kappa shape index (κ2) is 10.9. The highest BCUT2D eigenvalue weighted by molar-refractivity contribution is 6.05. The van der Waals surface area contributed by atoms with Gasteiger partial charge in [-0.15, -0.1) is 0 Å². The van der Waals surface area contributed by atoms with Gasteiger partial charge in [0.15, 0.2) is 11.6 Å². The van der Waals surface area contributed by atoms with E-state index in [-0.39, 0.29) is 23.6 Å². The Morgan fingerprint density at radius 2 is 1.63 bits per heavy atom. The highest BCUT2D eigenvalue weighted by Crippen LogP contribution is 2.42. The number of rotatable bonds is 5. The minimum atomic E-state index is -0.521. The van der Waals surface area contributed by atoms with Crippen LogP contribution < -0.4 is 19.9 Å². The summed E-state index contributed by atoms with van der Waals surface area (Å²) in [7, 11) is 4.57. The van der Waals surface area contributed by atoms with Gasteiger partial charge in [0.2, 0.25) is 0 Å². The molecule has 0 bridgehead atoms. The number of pyridine rings is 1. The maximum absolute atomic E-state index is 14.3. The highest BCUT2D eigenvalue weighted by Gasteiger charge is 2.19. The van der Waals surface area contributed by atoms with E-state index in [1.807, 2.05) is 30.3 Å². The van der Waals surface area contributed by atoms with E-state index >= 15 is 0 Å². The Balaban J connectivity index is 0.00000108. The van der Waals surface area contributed by atoms with Crippen LogP contribution in [0.2, 0.25) is 0 Å². The number of methoxy groups -OCH3 is 3. The smallest absolute Gasteiger partial charge is 0.290 e. The number of nitrogen functional groups attached to an aromatic ring is 1. The highest BCUT2D eigenvalue weighted by atomic mass is 19.1. The number of nitriles is 1. The van der Waals surface area contributed by atoms with E-state index < -0.39 is 5.82 Å². The molecule has 0 aliphatic carbocycles. The average Bonchev–Trinajstić information content (AvgIpc) is 2.87. The number of nitrogens with zero attached hydrogens (tertiary/aromatic N) is 2. The largest absolute Gasteiger partial charge is 0.496 e. The molecule has 4 rings (SSSR count). The molecule has 0 aliphatic rings. The molecule has 0 radical (unpaired) electrons. The molecular weight excluding hydrogens is 453 g/mol. The summed E-state index contributed by atoms with van der Waals surface area (Å²) in [5.41, 5.74) is 8.60. The molecule has 3 aromatic carbocycles. The molecule has 1 heterocycles. The number of hydrogen-bond donors (Lipinski definition) is 2. The minimum absolute atomic E-state index is 0.0510. The van der Waals surface area contributed by atoms with Crippen LogP contribution in [-0.2, 0) is 4.79 Å². The van der Waals surface area contributed by atoms with Crippen molar-refractivity contribution in [3.8, 4) is 45.7 Å². The fourth-order valence-corrected chi connectivity index (χ4v) is 3.79. The Morgan fingerprint density at radius 1 is 0.971 bits per heavy atom. The van der Waals surface area contributed by atoms with Crippen LogP contribution in [0.25, 0.3) is 33.2 Å². The molecule has 8 nitrogen and oxygen atoms in total. The predicted molar refractivity (Wildman–Crippen MR) is 130 cm³/mol. The van der Waals surface area contributed by atoms with Gasteiger partial charge in [0.1, 0.15) is 28.9 Å². The molecule has 0 saturated carbocycles. The zero-order valence-electron chi connectivity index (χ0n) is 19.2. The predicted octanol–water partition coefficient (Wildman–Crippen LogP) is 4.89. The molecule has 0 fully saturated rings. The second-order valence-electron chi connectivity index (χ2n) is 7.08. The van der Waals surface area contributed by atoms with Crippen LogP contribution >= 0.6 is 0 Å². The van der Waals surface area contributed by atoms with Crippen molar-refractivity contribution in [3.63, 3.8) is 0 Å². The molecular formula is C26H22FN3O5. The van der Waals surface area contributed by atoms with Crippen LogP contribution in [-0.4, -0.2) is 37.9 Å². The molecule has 0 unspecified atom stereocenters. The van der Waals surface area contributed by atoms with Crippen molar-refractivity contribution in [2.75, 3.05) is 27.1 Å². The summed E-state index contributed by atoms with van der Waals surface area (Å²) in [5.74, 6) is 0.942. The normalized spacial score (nSPS) is 10.0. The first-order chi connectivity index (χ1) is 16.9. The standard InChI is InChI=1S/C25H20FN3O3.CH2O2/c1-30-21-10-8-15(24-16(21)5-4-6-23(24)32-3)17-12-20(29-25(28)18(17)13-27)14-7-9-22(31-2)19(26)11-14;2-1-3/h4-12H,1-3H3,(H2,28,29);1H,(H,2,3). The van der Waals surface area contributed by atoms with Crippen molar-refractivity contribution < 1.29 is 28.5 Å². The average molecular weight is 475 g/mol.